The highest BCUT2D eigenvalue weighted by Gasteiger charge is 2.22. The zero-order valence-electron chi connectivity index (χ0n) is 11.1. The standard InChI is InChI=1S/C14H15FN4O/c1-20-12-13(16)17-8-18-14(12)19-5-4-9-6-11(15)3-2-10(9)7-19/h2-3,6,8H,4-5,7H2,1H3,(H2,16,17,18). The topological polar surface area (TPSA) is 64.3 Å². The molecule has 0 atom stereocenters. The fourth-order valence-electron chi connectivity index (χ4n) is 2.50. The molecule has 1 aliphatic rings. The lowest BCUT2D eigenvalue weighted by Gasteiger charge is -2.30. The first-order chi connectivity index (χ1) is 9.69. The Balaban J connectivity index is 1.94. The molecule has 0 aliphatic carbocycles. The lowest BCUT2D eigenvalue weighted by Crippen LogP contribution is -2.31. The van der Waals surface area contributed by atoms with Crippen LogP contribution in [0.15, 0.2) is 24.5 Å². The summed E-state index contributed by atoms with van der Waals surface area (Å²) in [6.45, 7) is 1.39. The Bertz CT molecular complexity index is 647. The number of rotatable bonds is 2. The highest BCUT2D eigenvalue weighted by Crippen LogP contribution is 2.33. The van der Waals surface area contributed by atoms with Crippen molar-refractivity contribution in [3.8, 4) is 5.75 Å². The lowest BCUT2D eigenvalue weighted by molar-refractivity contribution is 0.412. The minimum Gasteiger partial charge on any atom is -0.490 e. The molecule has 1 aromatic carbocycles. The zero-order valence-corrected chi connectivity index (χ0v) is 11.1. The van der Waals surface area contributed by atoms with Gasteiger partial charge in [0, 0.05) is 13.1 Å². The number of ether oxygens (including phenoxy) is 1. The summed E-state index contributed by atoms with van der Waals surface area (Å²) >= 11 is 0. The number of nitrogens with zero attached hydrogens (tertiary/aromatic N) is 3. The summed E-state index contributed by atoms with van der Waals surface area (Å²) in [6.07, 6.45) is 2.19. The van der Waals surface area contributed by atoms with Crippen molar-refractivity contribution in [3.63, 3.8) is 0 Å². The molecule has 0 unspecified atom stereocenters. The minimum absolute atomic E-state index is 0.193. The Hall–Kier alpha value is -2.37. The van der Waals surface area contributed by atoms with Crippen LogP contribution in [-0.4, -0.2) is 23.6 Å². The van der Waals surface area contributed by atoms with Crippen LogP contribution in [0.5, 0.6) is 5.75 Å². The van der Waals surface area contributed by atoms with Gasteiger partial charge in [-0.3, -0.25) is 0 Å². The fourth-order valence-corrected chi connectivity index (χ4v) is 2.50. The molecule has 2 heterocycles. The second kappa shape index (κ2) is 4.96. The van der Waals surface area contributed by atoms with Gasteiger partial charge in [0.25, 0.3) is 0 Å². The average Bonchev–Trinajstić information content (AvgIpc) is 2.46. The number of methoxy groups -OCH3 is 1. The maximum atomic E-state index is 13.2. The lowest BCUT2D eigenvalue weighted by atomic mass is 9.99. The molecule has 6 heteroatoms. The number of benzene rings is 1. The van der Waals surface area contributed by atoms with E-state index in [9.17, 15) is 4.39 Å². The molecular formula is C14H15FN4O. The van der Waals surface area contributed by atoms with Crippen molar-refractivity contribution < 1.29 is 9.13 Å². The molecule has 1 aromatic heterocycles. The smallest absolute Gasteiger partial charge is 0.204 e. The first-order valence-corrected chi connectivity index (χ1v) is 6.35. The van der Waals surface area contributed by atoms with Gasteiger partial charge in [0.05, 0.1) is 7.11 Å². The van der Waals surface area contributed by atoms with Gasteiger partial charge in [-0.15, -0.1) is 0 Å². The molecule has 2 N–H and O–H groups in total. The summed E-state index contributed by atoms with van der Waals surface area (Å²) in [5, 5.41) is 0. The van der Waals surface area contributed by atoms with Gasteiger partial charge in [0.15, 0.2) is 11.6 Å². The fraction of sp³-hybridized carbons (Fsp3) is 0.286. The monoisotopic (exact) mass is 274 g/mol. The molecule has 0 fully saturated rings. The Kier molecular flexibility index (Phi) is 3.14. The van der Waals surface area contributed by atoms with Crippen LogP contribution in [-0.2, 0) is 13.0 Å². The molecule has 0 bridgehead atoms. The normalized spacial score (nSPS) is 14.0. The third-order valence-electron chi connectivity index (χ3n) is 3.50. The van der Waals surface area contributed by atoms with Crippen molar-refractivity contribution in [3.05, 3.63) is 41.5 Å². The molecule has 0 saturated heterocycles. The van der Waals surface area contributed by atoms with Crippen LogP contribution in [0, 0.1) is 5.82 Å². The van der Waals surface area contributed by atoms with Crippen LogP contribution < -0.4 is 15.4 Å². The second-order valence-electron chi connectivity index (χ2n) is 4.70. The first-order valence-electron chi connectivity index (χ1n) is 6.35. The van der Waals surface area contributed by atoms with E-state index in [4.69, 9.17) is 10.5 Å². The van der Waals surface area contributed by atoms with E-state index in [-0.39, 0.29) is 5.82 Å². The third kappa shape index (κ3) is 2.13. The van der Waals surface area contributed by atoms with E-state index in [1.165, 1.54) is 12.4 Å². The van der Waals surface area contributed by atoms with Gasteiger partial charge in [0.2, 0.25) is 5.75 Å². The van der Waals surface area contributed by atoms with Crippen molar-refractivity contribution in [2.75, 3.05) is 24.3 Å². The number of hydrogen-bond acceptors (Lipinski definition) is 5. The van der Waals surface area contributed by atoms with E-state index in [0.29, 0.717) is 23.9 Å². The second-order valence-corrected chi connectivity index (χ2v) is 4.70. The van der Waals surface area contributed by atoms with Gasteiger partial charge in [-0.1, -0.05) is 6.07 Å². The molecule has 104 valence electrons. The summed E-state index contributed by atoms with van der Waals surface area (Å²) in [5.41, 5.74) is 7.94. The van der Waals surface area contributed by atoms with Crippen LogP contribution in [0.2, 0.25) is 0 Å². The summed E-state index contributed by atoms with van der Waals surface area (Å²) < 4.78 is 18.5. The Morgan fingerprint density at radius 1 is 1.30 bits per heavy atom. The summed E-state index contributed by atoms with van der Waals surface area (Å²) in [5.74, 6) is 1.29. The van der Waals surface area contributed by atoms with Gasteiger partial charge in [-0.2, -0.15) is 0 Å². The van der Waals surface area contributed by atoms with Crippen molar-refractivity contribution in [2.24, 2.45) is 0 Å². The molecule has 20 heavy (non-hydrogen) atoms. The number of anilines is 2. The molecule has 0 radical (unpaired) electrons. The van der Waals surface area contributed by atoms with Gasteiger partial charge in [0.1, 0.15) is 12.1 Å². The molecule has 3 rings (SSSR count). The average molecular weight is 274 g/mol. The molecule has 0 saturated carbocycles. The first kappa shape index (κ1) is 12.7. The van der Waals surface area contributed by atoms with Crippen molar-refractivity contribution in [1.29, 1.82) is 0 Å². The molecule has 0 amide bonds. The van der Waals surface area contributed by atoms with Gasteiger partial charge < -0.3 is 15.4 Å². The Morgan fingerprint density at radius 2 is 2.15 bits per heavy atom. The highest BCUT2D eigenvalue weighted by molar-refractivity contribution is 5.63. The van der Waals surface area contributed by atoms with Crippen LogP contribution in [0.3, 0.4) is 0 Å². The Labute approximate surface area is 116 Å². The van der Waals surface area contributed by atoms with Crippen LogP contribution >= 0.6 is 0 Å². The van der Waals surface area contributed by atoms with Gasteiger partial charge in [-0.25, -0.2) is 14.4 Å². The van der Waals surface area contributed by atoms with Crippen LogP contribution in [0.4, 0.5) is 16.0 Å². The van der Waals surface area contributed by atoms with E-state index in [0.717, 1.165) is 24.1 Å². The maximum Gasteiger partial charge on any atom is 0.204 e. The number of halogens is 1. The van der Waals surface area contributed by atoms with Gasteiger partial charge >= 0.3 is 0 Å². The quantitative estimate of drug-likeness (QED) is 0.904. The predicted molar refractivity (Wildman–Crippen MR) is 74.2 cm³/mol. The minimum atomic E-state index is -0.193. The summed E-state index contributed by atoms with van der Waals surface area (Å²) in [6, 6.07) is 4.89. The highest BCUT2D eigenvalue weighted by atomic mass is 19.1. The van der Waals surface area contributed by atoms with Crippen LogP contribution in [0.1, 0.15) is 11.1 Å². The largest absolute Gasteiger partial charge is 0.490 e. The number of fused-ring (bicyclic) bond motifs is 1. The van der Waals surface area contributed by atoms with Crippen molar-refractivity contribution >= 4 is 11.6 Å². The molecule has 5 nitrogen and oxygen atoms in total. The SMILES string of the molecule is COc1c(N)ncnc1N1CCc2cc(F)ccc2C1. The summed E-state index contributed by atoms with van der Waals surface area (Å²) in [4.78, 5) is 10.3. The molecular weight excluding hydrogens is 259 g/mol. The summed E-state index contributed by atoms with van der Waals surface area (Å²) in [7, 11) is 1.55. The molecule has 1 aliphatic heterocycles. The molecule has 0 spiro atoms. The number of hydrogen-bond donors (Lipinski definition) is 1. The van der Waals surface area contributed by atoms with Crippen molar-refractivity contribution in [2.45, 2.75) is 13.0 Å². The van der Waals surface area contributed by atoms with Gasteiger partial charge in [-0.05, 0) is 29.7 Å². The number of nitrogens with two attached hydrogens (primary N) is 1. The predicted octanol–water partition coefficient (Wildman–Crippen LogP) is 1.77. The van der Waals surface area contributed by atoms with Crippen molar-refractivity contribution in [1.82, 2.24) is 9.97 Å². The number of nitrogen functional groups attached to an aromatic ring is 1. The molecule has 2 aromatic rings. The van der Waals surface area contributed by atoms with E-state index in [2.05, 4.69) is 14.9 Å². The third-order valence-corrected chi connectivity index (χ3v) is 3.50. The zero-order chi connectivity index (χ0) is 14.1. The Morgan fingerprint density at radius 3 is 2.95 bits per heavy atom. The van der Waals surface area contributed by atoms with E-state index < -0.39 is 0 Å². The number of aromatic nitrogens is 2. The van der Waals surface area contributed by atoms with E-state index in [1.807, 2.05) is 6.07 Å². The maximum absolute atomic E-state index is 13.2. The van der Waals surface area contributed by atoms with Crippen LogP contribution in [0.25, 0.3) is 0 Å². The van der Waals surface area contributed by atoms with E-state index in [1.54, 1.807) is 13.2 Å². The van der Waals surface area contributed by atoms with E-state index >= 15 is 0 Å².